The minimum Gasteiger partial charge on any atom is -0.504 e. The quantitative estimate of drug-likeness (QED) is 0.0527. The zero-order valence-corrected chi connectivity index (χ0v) is 31.1. The molecule has 3 amide bonds. The van der Waals surface area contributed by atoms with E-state index in [1.807, 2.05) is 0 Å². The normalized spacial score (nSPS) is 16.1. The number of hydrogen-bond acceptors (Lipinski definition) is 16. The molecule has 1 fully saturated rings. The van der Waals surface area contributed by atoms with Crippen molar-refractivity contribution in [2.24, 2.45) is 11.8 Å². The average molecular weight is 804 g/mol. The number of aromatic hydroxyl groups is 3. The lowest BCUT2D eigenvalue weighted by molar-refractivity contribution is -0.333. The summed E-state index contributed by atoms with van der Waals surface area (Å²) in [5.74, 6) is -23.9. The Morgan fingerprint density at radius 2 is 1.32 bits per heavy atom. The van der Waals surface area contributed by atoms with E-state index >= 15 is 0 Å². The topological polar surface area (TPSA) is 330 Å². The summed E-state index contributed by atoms with van der Waals surface area (Å²) >= 11 is 0. The Morgan fingerprint density at radius 3 is 1.79 bits per heavy atom. The van der Waals surface area contributed by atoms with Gasteiger partial charge in [0.25, 0.3) is 0 Å². The number of ketones is 1. The van der Waals surface area contributed by atoms with Gasteiger partial charge in [-0.15, -0.1) is 0 Å². The second-order valence-corrected chi connectivity index (χ2v) is 14.3. The summed E-state index contributed by atoms with van der Waals surface area (Å²) in [5.41, 5.74) is -2.44. The lowest BCUT2D eigenvalue weighted by atomic mass is 9.85. The van der Waals surface area contributed by atoms with Crippen LogP contribution in [0.2, 0.25) is 0 Å². The molecular weight excluding hydrogens is 754 g/mol. The van der Waals surface area contributed by atoms with Gasteiger partial charge in [0.2, 0.25) is 17.4 Å². The molecule has 19 heteroatoms. The second-order valence-electron chi connectivity index (χ2n) is 14.3. The number of phenols is 3. The Bertz CT molecular complexity index is 1820. The maximum absolute atomic E-state index is 13.9. The van der Waals surface area contributed by atoms with E-state index < -0.39 is 100 Å². The summed E-state index contributed by atoms with van der Waals surface area (Å²) in [6.45, 7) is 4.35. The van der Waals surface area contributed by atoms with Crippen molar-refractivity contribution < 1.29 is 80.4 Å². The minimum absolute atomic E-state index is 0.101. The van der Waals surface area contributed by atoms with Gasteiger partial charge in [-0.2, -0.15) is 0 Å². The van der Waals surface area contributed by atoms with Crippen LogP contribution in [0.1, 0.15) is 55.4 Å². The predicted molar refractivity (Wildman–Crippen MR) is 195 cm³/mol. The number of rotatable bonds is 18. The van der Waals surface area contributed by atoms with Crippen LogP contribution in [0.5, 0.6) is 23.0 Å². The number of nitrogens with zero attached hydrogens (tertiary/aromatic N) is 1. The van der Waals surface area contributed by atoms with E-state index in [-0.39, 0.29) is 25.2 Å². The number of aliphatic hydroxyl groups excluding tert-OH is 1. The van der Waals surface area contributed by atoms with E-state index in [9.17, 15) is 75.7 Å². The summed E-state index contributed by atoms with van der Waals surface area (Å²) in [7, 11) is 0. The Kier molecular flexibility index (Phi) is 14.1. The van der Waals surface area contributed by atoms with E-state index in [0.29, 0.717) is 25.1 Å². The largest absolute Gasteiger partial charge is 0.504 e. The average Bonchev–Trinajstić information content (AvgIpc) is 3.10. The third kappa shape index (κ3) is 11.1. The molecule has 1 aliphatic rings. The maximum atomic E-state index is 13.9. The number of carbonyl (C=O) groups is 3. The van der Waals surface area contributed by atoms with Crippen molar-refractivity contribution >= 4 is 17.7 Å². The number of benzene rings is 3. The van der Waals surface area contributed by atoms with Crippen molar-refractivity contribution in [2.75, 3.05) is 13.1 Å². The van der Waals surface area contributed by atoms with E-state index in [1.165, 1.54) is 4.90 Å². The highest BCUT2D eigenvalue weighted by Gasteiger charge is 2.48. The molecule has 0 aromatic heterocycles. The molecular formula is C38H49N3O16. The predicted octanol–water partition coefficient (Wildman–Crippen LogP) is -1.27. The van der Waals surface area contributed by atoms with Crippen LogP contribution in [0.25, 0.3) is 0 Å². The molecule has 3 aromatic rings. The van der Waals surface area contributed by atoms with Gasteiger partial charge in [0.15, 0.2) is 17.2 Å². The van der Waals surface area contributed by atoms with Crippen LogP contribution in [0.4, 0.5) is 4.79 Å². The Hall–Kier alpha value is -5.09. The smallest absolute Gasteiger partial charge is 0.386 e. The Morgan fingerprint density at radius 1 is 0.807 bits per heavy atom. The fourth-order valence-electron chi connectivity index (χ4n) is 6.82. The molecule has 4 rings (SSSR count). The van der Waals surface area contributed by atoms with Crippen molar-refractivity contribution in [3.63, 3.8) is 0 Å². The van der Waals surface area contributed by atoms with E-state index in [2.05, 4.69) is 10.6 Å². The van der Waals surface area contributed by atoms with Crippen molar-refractivity contribution in [1.82, 2.24) is 15.5 Å². The third-order valence-electron chi connectivity index (χ3n) is 9.53. The van der Waals surface area contributed by atoms with Gasteiger partial charge < -0.3 is 81.5 Å². The van der Waals surface area contributed by atoms with Gasteiger partial charge in [0, 0.05) is 25.6 Å². The zero-order chi connectivity index (χ0) is 42.5. The van der Waals surface area contributed by atoms with Gasteiger partial charge in [0.1, 0.15) is 17.2 Å². The number of nitrogens with one attached hydrogen (secondary N) is 2. The summed E-state index contributed by atoms with van der Waals surface area (Å²) in [6.07, 6.45) is -2.02. The highest BCUT2D eigenvalue weighted by molar-refractivity contribution is 5.88. The van der Waals surface area contributed by atoms with Crippen LogP contribution >= 0.6 is 0 Å². The Labute approximate surface area is 326 Å². The highest BCUT2D eigenvalue weighted by atomic mass is 16.8. The second kappa shape index (κ2) is 18.0. The van der Waals surface area contributed by atoms with E-state index in [4.69, 9.17) is 4.74 Å². The van der Waals surface area contributed by atoms with Crippen LogP contribution in [0, 0.1) is 11.8 Å². The molecule has 0 aliphatic carbocycles. The first-order valence-electron chi connectivity index (χ1n) is 18.0. The lowest BCUT2D eigenvalue weighted by Crippen LogP contribution is -2.59. The molecule has 0 spiro atoms. The van der Waals surface area contributed by atoms with Crippen LogP contribution in [0.3, 0.4) is 0 Å². The SMILES string of the molecule is CC(C)C(C(=O)NC(Cc1ccccc1)CC(O)C(CC(=O)C(O)(O)Oc1c(C(O)(O)O)c(O)c(O)c(O)c1C(O)(O)O)Cc1ccccc1)N1CCCNC1=O. The minimum atomic E-state index is -4.32. The summed E-state index contributed by atoms with van der Waals surface area (Å²) in [4.78, 5) is 41.8. The fraction of sp³-hybridized carbons (Fsp3) is 0.447. The van der Waals surface area contributed by atoms with Gasteiger partial charge in [-0.1, -0.05) is 74.5 Å². The molecule has 57 heavy (non-hydrogen) atoms. The van der Waals surface area contributed by atoms with Gasteiger partial charge in [-0.05, 0) is 48.6 Å². The molecule has 312 valence electrons. The number of ether oxygens (including phenoxy) is 1. The van der Waals surface area contributed by atoms with E-state index in [1.54, 1.807) is 74.5 Å². The van der Waals surface area contributed by atoms with Crippen molar-refractivity contribution in [1.29, 1.82) is 0 Å². The summed E-state index contributed by atoms with van der Waals surface area (Å²) in [6, 6.07) is 15.1. The molecule has 1 saturated heterocycles. The first kappa shape index (κ1) is 44.6. The molecule has 4 atom stereocenters. The number of Topliss-reactive ketones (excluding diaryl/α,β-unsaturated/α-hetero) is 1. The molecule has 4 unspecified atom stereocenters. The van der Waals surface area contributed by atoms with Crippen molar-refractivity contribution in [3.8, 4) is 23.0 Å². The number of hydrogen-bond donors (Lipinski definition) is 14. The van der Waals surface area contributed by atoms with Crippen LogP contribution in [-0.2, 0) is 34.4 Å². The molecule has 0 bridgehead atoms. The van der Waals surface area contributed by atoms with E-state index in [0.717, 1.165) is 5.56 Å². The van der Waals surface area contributed by atoms with Gasteiger partial charge in [-0.3, -0.25) is 9.59 Å². The lowest BCUT2D eigenvalue weighted by Gasteiger charge is -2.37. The monoisotopic (exact) mass is 803 g/mol. The number of phenolic OH excluding ortho intramolecular Hbond substituents is 3. The van der Waals surface area contributed by atoms with Gasteiger partial charge in [0.05, 0.1) is 6.10 Å². The third-order valence-corrected chi connectivity index (χ3v) is 9.53. The first-order valence-corrected chi connectivity index (χ1v) is 18.0. The maximum Gasteiger partial charge on any atom is 0.386 e. The standard InChI is InChI=1S/C38H49N3O16/c1-20(2)29(41-15-9-14-39-35(41)48)34(47)40-24(17-22-12-7-4-8-13-22)19-25(42)23(16-21-10-5-3-6-11-21)18-26(43)38(55,56)57-33-27(36(49,50)51)30(44)32(46)31(45)28(33)37(52,53)54/h3-8,10-13,20,23-25,29,42,44-46,49-56H,9,14-19H2,1-2H3,(H,39,48)(H,40,47). The molecule has 19 nitrogen and oxygen atoms in total. The highest BCUT2D eigenvalue weighted by Crippen LogP contribution is 2.53. The molecule has 0 radical (unpaired) electrons. The molecule has 14 N–H and O–H groups in total. The fourth-order valence-corrected chi connectivity index (χ4v) is 6.82. The van der Waals surface area contributed by atoms with Gasteiger partial charge >= 0.3 is 24.0 Å². The summed E-state index contributed by atoms with van der Waals surface area (Å²) < 4.78 is 4.75. The van der Waals surface area contributed by atoms with Gasteiger partial charge in [-0.25, -0.2) is 4.79 Å². The van der Waals surface area contributed by atoms with Crippen molar-refractivity contribution in [3.05, 3.63) is 82.9 Å². The first-order chi connectivity index (χ1) is 26.5. The molecule has 3 aromatic carbocycles. The number of carbonyl (C=O) groups excluding carboxylic acids is 3. The number of amides is 3. The van der Waals surface area contributed by atoms with Crippen LogP contribution in [-0.4, -0.2) is 121 Å². The number of urea groups is 1. The molecule has 1 aliphatic heterocycles. The number of aliphatic hydroxyl groups is 9. The molecule has 1 heterocycles. The Balaban J connectivity index is 1.69. The van der Waals surface area contributed by atoms with Crippen LogP contribution in [0.15, 0.2) is 60.7 Å². The summed E-state index contributed by atoms with van der Waals surface area (Å²) in [5, 5.41) is 129. The zero-order valence-electron chi connectivity index (χ0n) is 31.1. The molecule has 0 saturated carbocycles. The van der Waals surface area contributed by atoms with Crippen LogP contribution < -0.4 is 15.4 Å². The van der Waals surface area contributed by atoms with Crippen molar-refractivity contribution in [2.45, 2.75) is 82.1 Å².